The van der Waals surface area contributed by atoms with E-state index < -0.39 is 17.2 Å². The third kappa shape index (κ3) is 4.78. The molecule has 0 aliphatic carbocycles. The van der Waals surface area contributed by atoms with E-state index in [0.29, 0.717) is 11.5 Å². The van der Waals surface area contributed by atoms with Crippen molar-refractivity contribution in [2.24, 2.45) is 0 Å². The van der Waals surface area contributed by atoms with Crippen LogP contribution in [0.3, 0.4) is 0 Å². The lowest BCUT2D eigenvalue weighted by atomic mass is 9.94. The predicted octanol–water partition coefficient (Wildman–Crippen LogP) is 2.88. The Morgan fingerprint density at radius 1 is 1.12 bits per heavy atom. The van der Waals surface area contributed by atoms with E-state index in [-0.39, 0.29) is 12.5 Å². The standard InChI is InChI=1S/C18H28N2O5/c1-17(2,3)20(16(22)23)18(4,5)15(21)19-11-12-8-9-13(24-6)10-14(12)25-7/h8-10H,11H2,1-7H3,(H,19,21)(H,22,23). The molecule has 0 spiro atoms. The van der Waals surface area contributed by atoms with E-state index in [1.54, 1.807) is 59.9 Å². The van der Waals surface area contributed by atoms with Crippen LogP contribution in [0, 0.1) is 0 Å². The molecule has 1 aromatic rings. The summed E-state index contributed by atoms with van der Waals surface area (Å²) in [6, 6.07) is 5.29. The smallest absolute Gasteiger partial charge is 0.408 e. The lowest BCUT2D eigenvalue weighted by Crippen LogP contribution is -2.62. The highest BCUT2D eigenvalue weighted by Gasteiger charge is 2.43. The third-order valence-corrected chi connectivity index (χ3v) is 3.91. The topological polar surface area (TPSA) is 88.1 Å². The lowest BCUT2D eigenvalue weighted by molar-refractivity contribution is -0.133. The zero-order valence-electron chi connectivity index (χ0n) is 16.0. The zero-order valence-corrected chi connectivity index (χ0v) is 16.0. The highest BCUT2D eigenvalue weighted by Crippen LogP contribution is 2.27. The third-order valence-electron chi connectivity index (χ3n) is 3.91. The molecule has 0 aromatic heterocycles. The minimum Gasteiger partial charge on any atom is -0.497 e. The maximum atomic E-state index is 12.7. The molecule has 25 heavy (non-hydrogen) atoms. The summed E-state index contributed by atoms with van der Waals surface area (Å²) >= 11 is 0. The average molecular weight is 352 g/mol. The summed E-state index contributed by atoms with van der Waals surface area (Å²) in [5, 5.41) is 12.3. The molecule has 1 aromatic carbocycles. The number of benzene rings is 1. The normalized spacial score (nSPS) is 11.6. The number of amides is 2. The first kappa shape index (κ1) is 20.6. The van der Waals surface area contributed by atoms with Crippen molar-refractivity contribution in [1.29, 1.82) is 0 Å². The molecule has 0 aliphatic heterocycles. The molecule has 2 amide bonds. The molecule has 7 heteroatoms. The fourth-order valence-corrected chi connectivity index (χ4v) is 2.86. The number of ether oxygens (including phenoxy) is 2. The Labute approximate surface area is 148 Å². The molecular formula is C18H28N2O5. The second kappa shape index (κ2) is 7.63. The van der Waals surface area contributed by atoms with Crippen LogP contribution < -0.4 is 14.8 Å². The minimum atomic E-state index is -1.23. The van der Waals surface area contributed by atoms with Crippen LogP contribution in [0.15, 0.2) is 18.2 Å². The number of rotatable bonds is 6. The van der Waals surface area contributed by atoms with Gasteiger partial charge in [-0.1, -0.05) is 0 Å². The van der Waals surface area contributed by atoms with Crippen molar-refractivity contribution in [3.63, 3.8) is 0 Å². The summed E-state index contributed by atoms with van der Waals surface area (Å²) in [5.74, 6) is 0.850. The number of methoxy groups -OCH3 is 2. The molecule has 0 radical (unpaired) electrons. The largest absolute Gasteiger partial charge is 0.497 e. The summed E-state index contributed by atoms with van der Waals surface area (Å²) in [6.07, 6.45) is -1.14. The average Bonchev–Trinajstić information content (AvgIpc) is 2.49. The van der Waals surface area contributed by atoms with E-state index in [9.17, 15) is 14.7 Å². The number of nitrogens with zero attached hydrogens (tertiary/aromatic N) is 1. The number of carbonyl (C=O) groups excluding carboxylic acids is 1. The summed E-state index contributed by atoms with van der Waals surface area (Å²) < 4.78 is 10.5. The fraction of sp³-hybridized carbons (Fsp3) is 0.556. The van der Waals surface area contributed by atoms with Gasteiger partial charge in [-0.15, -0.1) is 0 Å². The van der Waals surface area contributed by atoms with Gasteiger partial charge in [-0.05, 0) is 46.8 Å². The SMILES string of the molecule is COc1ccc(CNC(=O)C(C)(C)N(C(=O)O)C(C)(C)C)c(OC)c1. The molecule has 2 N–H and O–H groups in total. The second-order valence-corrected chi connectivity index (χ2v) is 7.21. The zero-order chi connectivity index (χ0) is 19.4. The first-order chi connectivity index (χ1) is 11.4. The van der Waals surface area contributed by atoms with E-state index in [1.807, 2.05) is 0 Å². The number of hydrogen-bond donors (Lipinski definition) is 2. The van der Waals surface area contributed by atoms with Crippen molar-refractivity contribution >= 4 is 12.0 Å². The summed E-state index contributed by atoms with van der Waals surface area (Å²) in [5.41, 5.74) is -1.18. The molecule has 7 nitrogen and oxygen atoms in total. The van der Waals surface area contributed by atoms with Crippen molar-refractivity contribution in [2.45, 2.75) is 52.2 Å². The number of nitrogens with one attached hydrogen (secondary N) is 1. The van der Waals surface area contributed by atoms with Gasteiger partial charge in [-0.25, -0.2) is 4.79 Å². The number of hydrogen-bond acceptors (Lipinski definition) is 4. The summed E-state index contributed by atoms with van der Waals surface area (Å²) in [4.78, 5) is 25.5. The quantitative estimate of drug-likeness (QED) is 0.822. The van der Waals surface area contributed by atoms with Crippen molar-refractivity contribution in [3.8, 4) is 11.5 Å². The molecule has 0 bridgehead atoms. The van der Waals surface area contributed by atoms with Crippen LogP contribution in [-0.2, 0) is 11.3 Å². The van der Waals surface area contributed by atoms with Gasteiger partial charge in [0.1, 0.15) is 17.0 Å². The van der Waals surface area contributed by atoms with E-state index in [1.165, 1.54) is 7.11 Å². The Morgan fingerprint density at radius 3 is 2.16 bits per heavy atom. The number of carbonyl (C=O) groups is 2. The minimum absolute atomic E-state index is 0.215. The van der Waals surface area contributed by atoms with Crippen LogP contribution in [0.1, 0.15) is 40.2 Å². The molecule has 0 fully saturated rings. The van der Waals surface area contributed by atoms with Gasteiger partial charge >= 0.3 is 6.09 Å². The van der Waals surface area contributed by atoms with Crippen molar-refractivity contribution in [2.75, 3.05) is 14.2 Å². The molecule has 0 saturated carbocycles. The molecular weight excluding hydrogens is 324 g/mol. The molecule has 1 rings (SSSR count). The van der Waals surface area contributed by atoms with Crippen LogP contribution in [0.2, 0.25) is 0 Å². The monoisotopic (exact) mass is 352 g/mol. The van der Waals surface area contributed by atoms with Gasteiger partial charge in [-0.2, -0.15) is 0 Å². The molecule has 0 aliphatic rings. The molecule has 0 atom stereocenters. The number of carboxylic acid groups (broad SMARTS) is 1. The lowest BCUT2D eigenvalue weighted by Gasteiger charge is -2.43. The van der Waals surface area contributed by atoms with Crippen LogP contribution in [0.4, 0.5) is 4.79 Å². The Kier molecular flexibility index (Phi) is 6.29. The Balaban J connectivity index is 2.97. The highest BCUT2D eigenvalue weighted by atomic mass is 16.5. The Morgan fingerprint density at radius 2 is 1.72 bits per heavy atom. The first-order valence-electron chi connectivity index (χ1n) is 7.97. The van der Waals surface area contributed by atoms with E-state index in [4.69, 9.17) is 9.47 Å². The first-order valence-corrected chi connectivity index (χ1v) is 7.97. The second-order valence-electron chi connectivity index (χ2n) is 7.21. The maximum Gasteiger partial charge on any atom is 0.408 e. The van der Waals surface area contributed by atoms with Crippen LogP contribution in [-0.4, -0.2) is 47.3 Å². The van der Waals surface area contributed by atoms with Gasteiger partial charge in [0.25, 0.3) is 0 Å². The summed E-state index contributed by atoms with van der Waals surface area (Å²) in [7, 11) is 3.10. The van der Waals surface area contributed by atoms with Gasteiger partial charge < -0.3 is 19.9 Å². The predicted molar refractivity (Wildman–Crippen MR) is 95.1 cm³/mol. The fourth-order valence-electron chi connectivity index (χ4n) is 2.86. The van der Waals surface area contributed by atoms with Gasteiger partial charge in [0.2, 0.25) is 5.91 Å². The Bertz CT molecular complexity index is 635. The Hall–Kier alpha value is -2.44. The molecule has 140 valence electrons. The van der Waals surface area contributed by atoms with E-state index >= 15 is 0 Å². The van der Waals surface area contributed by atoms with E-state index in [0.717, 1.165) is 10.5 Å². The highest BCUT2D eigenvalue weighted by molar-refractivity contribution is 5.89. The van der Waals surface area contributed by atoms with Gasteiger partial charge in [-0.3, -0.25) is 9.69 Å². The van der Waals surface area contributed by atoms with Crippen LogP contribution in [0.5, 0.6) is 11.5 Å². The van der Waals surface area contributed by atoms with Crippen LogP contribution in [0.25, 0.3) is 0 Å². The molecule has 0 heterocycles. The summed E-state index contributed by atoms with van der Waals surface area (Å²) in [6.45, 7) is 8.65. The molecule has 0 saturated heterocycles. The van der Waals surface area contributed by atoms with Gasteiger partial charge in [0.15, 0.2) is 0 Å². The van der Waals surface area contributed by atoms with Crippen molar-refractivity contribution in [3.05, 3.63) is 23.8 Å². The van der Waals surface area contributed by atoms with Crippen molar-refractivity contribution < 1.29 is 24.2 Å². The van der Waals surface area contributed by atoms with Gasteiger partial charge in [0, 0.05) is 23.7 Å². The molecule has 0 unspecified atom stereocenters. The van der Waals surface area contributed by atoms with Crippen molar-refractivity contribution in [1.82, 2.24) is 10.2 Å². The van der Waals surface area contributed by atoms with Gasteiger partial charge in [0.05, 0.1) is 14.2 Å². The maximum absolute atomic E-state index is 12.7. The van der Waals surface area contributed by atoms with Crippen LogP contribution >= 0.6 is 0 Å². The van der Waals surface area contributed by atoms with E-state index in [2.05, 4.69) is 5.32 Å².